The van der Waals surface area contributed by atoms with Crippen molar-refractivity contribution in [2.75, 3.05) is 10.6 Å². The number of carboxylic acids is 1. The second-order valence-corrected chi connectivity index (χ2v) is 18.3. The fourth-order valence-corrected chi connectivity index (χ4v) is 7.19. The molecule has 63 heavy (non-hydrogen) atoms. The molecule has 0 aliphatic carbocycles. The Hall–Kier alpha value is -6.46. The van der Waals surface area contributed by atoms with Crippen LogP contribution in [0.1, 0.15) is 112 Å². The van der Waals surface area contributed by atoms with Crippen LogP contribution in [0.4, 0.5) is 11.4 Å². The largest absolute Gasteiger partial charge is 1.00 e. The van der Waals surface area contributed by atoms with Gasteiger partial charge in [0.1, 0.15) is 22.6 Å². The maximum absolute atomic E-state index is 13.0. The van der Waals surface area contributed by atoms with Gasteiger partial charge in [-0.3, -0.25) is 28.8 Å². The monoisotopic (exact) mass is 850 g/mol. The number of benzene rings is 4. The minimum absolute atomic E-state index is 0. The van der Waals surface area contributed by atoms with Crippen LogP contribution in [0.15, 0.2) is 94.8 Å². The molecule has 1 aliphatic heterocycles. The maximum atomic E-state index is 13.0. The van der Waals surface area contributed by atoms with Gasteiger partial charge in [0.25, 0.3) is 11.8 Å². The van der Waals surface area contributed by atoms with Gasteiger partial charge in [-0.2, -0.15) is 0 Å². The predicted octanol–water partition coefficient (Wildman–Crippen LogP) is 5.25. The number of ether oxygens (including phenoxy) is 1. The summed E-state index contributed by atoms with van der Waals surface area (Å²) in [7, 11) is 0. The van der Waals surface area contributed by atoms with Crippen molar-refractivity contribution in [2.24, 2.45) is 0 Å². The van der Waals surface area contributed by atoms with Crippen LogP contribution in [0.3, 0.4) is 0 Å². The summed E-state index contributed by atoms with van der Waals surface area (Å²) in [6.45, 7) is 18.5. The van der Waals surface area contributed by atoms with Gasteiger partial charge in [0.2, 0.25) is 10.9 Å². The number of carbonyl (C=O) groups excluding carboxylic acids is 3. The van der Waals surface area contributed by atoms with Gasteiger partial charge in [-0.05, 0) is 86.1 Å². The Balaban J connectivity index is 0.000000268. The normalized spacial score (nSPS) is 13.1. The number of phenolic OH excluding ortho intramolecular Hbond substituents is 1. The van der Waals surface area contributed by atoms with Gasteiger partial charge in [-0.15, -0.1) is 0 Å². The summed E-state index contributed by atoms with van der Waals surface area (Å²) in [5, 5.41) is 26.6. The smallest absolute Gasteiger partial charge is 0.870 e. The molecule has 1 aliphatic rings. The number of anilines is 2. The van der Waals surface area contributed by atoms with Crippen LogP contribution in [0, 0.1) is 0 Å². The molecule has 0 bridgehead atoms. The standard InChI is InChI=1S/C24H26N2O5.C24H24N2O4.Li.H2O/c1-23(2,3)15-10-16(24(4,5)22(30)31)19(27)11-18(15)26-21(29)14-12-25-17-9-7-6-8-13(17)20(14)28;1-23(2,3)15-10-16-19(30-22(29)24(16,4)5)11-18(15)26-21(28)14-12-25-17-9-7-6-8-13(17)20(14)27;;/h6-12,27H,1-5H3,(H,25,28)(H,26,29)(H,30,31);6-12H,1-5H3,(H,25,27)(H,26,28);;1H2/q;;+1;/p-1. The Morgan fingerprint density at radius 3 is 1.52 bits per heavy atom. The molecule has 2 aromatic heterocycles. The maximum Gasteiger partial charge on any atom is 1.00 e. The number of esters is 1. The molecule has 0 saturated carbocycles. The van der Waals surface area contributed by atoms with E-state index in [0.29, 0.717) is 44.5 Å². The van der Waals surface area contributed by atoms with E-state index in [1.807, 2.05) is 67.5 Å². The van der Waals surface area contributed by atoms with Crippen molar-refractivity contribution >= 4 is 56.9 Å². The number of aliphatic carboxylic acids is 1. The van der Waals surface area contributed by atoms with Crippen molar-refractivity contribution in [1.82, 2.24) is 9.97 Å². The fraction of sp³-hybridized carbons (Fsp3) is 0.292. The summed E-state index contributed by atoms with van der Waals surface area (Å²) >= 11 is 0. The summed E-state index contributed by atoms with van der Waals surface area (Å²) in [6.07, 6.45) is 2.78. The number of hydrogen-bond donors (Lipinski definition) is 6. The first-order chi connectivity index (χ1) is 28.3. The molecule has 0 radical (unpaired) electrons. The predicted molar refractivity (Wildman–Crippen MR) is 238 cm³/mol. The quantitative estimate of drug-likeness (QED) is 0.0723. The zero-order chi connectivity index (χ0) is 45.0. The third-order valence-electron chi connectivity index (χ3n) is 11.0. The Kier molecular flexibility index (Phi) is 13.8. The Morgan fingerprint density at radius 1 is 0.651 bits per heavy atom. The van der Waals surface area contributed by atoms with Gasteiger partial charge in [0, 0.05) is 68.8 Å². The van der Waals surface area contributed by atoms with Crippen LogP contribution in [-0.2, 0) is 31.2 Å². The molecule has 7 rings (SSSR count). The van der Waals surface area contributed by atoms with Crippen LogP contribution in [0.25, 0.3) is 21.8 Å². The molecule has 14 nitrogen and oxygen atoms in total. The van der Waals surface area contributed by atoms with Crippen molar-refractivity contribution in [2.45, 2.75) is 90.9 Å². The first-order valence-corrected chi connectivity index (χ1v) is 19.7. The average Bonchev–Trinajstić information content (AvgIpc) is 3.39. The summed E-state index contributed by atoms with van der Waals surface area (Å²) < 4.78 is 5.44. The van der Waals surface area contributed by atoms with Crippen molar-refractivity contribution in [1.29, 1.82) is 0 Å². The number of fused-ring (bicyclic) bond motifs is 3. The van der Waals surface area contributed by atoms with Crippen LogP contribution >= 0.6 is 0 Å². The van der Waals surface area contributed by atoms with E-state index in [2.05, 4.69) is 20.6 Å². The van der Waals surface area contributed by atoms with Gasteiger partial charge in [0.15, 0.2) is 0 Å². The summed E-state index contributed by atoms with van der Waals surface area (Å²) in [4.78, 5) is 81.5. The Labute approximate surface area is 376 Å². The van der Waals surface area contributed by atoms with Crippen LogP contribution in [-0.4, -0.2) is 49.4 Å². The average molecular weight is 851 g/mol. The molecule has 0 spiro atoms. The number of amides is 2. The molecule has 0 atom stereocenters. The number of aromatic hydroxyl groups is 1. The number of aromatic nitrogens is 2. The fourth-order valence-electron chi connectivity index (χ4n) is 7.19. The van der Waals surface area contributed by atoms with Gasteiger partial charge in [-0.25, -0.2) is 0 Å². The summed E-state index contributed by atoms with van der Waals surface area (Å²) in [5.74, 6) is -2.36. The number of pyridine rings is 2. The molecule has 0 fully saturated rings. The third-order valence-corrected chi connectivity index (χ3v) is 11.0. The third kappa shape index (κ3) is 9.49. The molecule has 7 N–H and O–H groups in total. The van der Waals surface area contributed by atoms with Crippen LogP contribution < -0.4 is 45.1 Å². The number of carbonyl (C=O) groups is 4. The number of aromatic amines is 2. The second kappa shape index (κ2) is 17.7. The van der Waals surface area contributed by atoms with E-state index in [1.165, 1.54) is 32.3 Å². The van der Waals surface area contributed by atoms with Gasteiger partial charge < -0.3 is 41.0 Å². The first kappa shape index (κ1) is 49.2. The minimum atomic E-state index is -1.33. The topological polar surface area (TPSA) is 238 Å². The number of phenols is 1. The molecular weight excluding hydrogens is 799 g/mol. The van der Waals surface area contributed by atoms with Crippen molar-refractivity contribution in [3.8, 4) is 11.5 Å². The molecule has 0 unspecified atom stereocenters. The SMILES string of the molecule is CC(C)(C)c1cc(C(C)(C)C(=O)O)c(O)cc1NC(=O)c1c[nH]c2ccccc2c1=O.CC(C)(C)c1cc2c(cc1NC(=O)c1c[nH]c3ccccc3c1=O)OC(=O)C2(C)C.[Li+].[OH-]. The zero-order valence-corrected chi connectivity index (χ0v) is 37.3. The van der Waals surface area contributed by atoms with Gasteiger partial charge >= 0.3 is 30.8 Å². The summed E-state index contributed by atoms with van der Waals surface area (Å²) in [5.41, 5.74) is 0.989. The number of carboxylic acid groups (broad SMARTS) is 1. The van der Waals surface area contributed by atoms with E-state index in [4.69, 9.17) is 4.74 Å². The van der Waals surface area contributed by atoms with E-state index in [-0.39, 0.29) is 63.6 Å². The molecular formula is C48H51LiN4O10. The molecule has 3 heterocycles. The molecule has 15 heteroatoms. The molecule has 324 valence electrons. The number of H-pyrrole nitrogens is 2. The van der Waals surface area contributed by atoms with Gasteiger partial charge in [0.05, 0.1) is 10.8 Å². The second-order valence-electron chi connectivity index (χ2n) is 18.3. The molecule has 4 aromatic carbocycles. The zero-order valence-electron chi connectivity index (χ0n) is 37.3. The molecule has 0 saturated heterocycles. The van der Waals surface area contributed by atoms with E-state index in [1.54, 1.807) is 54.6 Å². The van der Waals surface area contributed by atoms with Crippen LogP contribution in [0.5, 0.6) is 11.5 Å². The van der Waals surface area contributed by atoms with Crippen LogP contribution in [0.2, 0.25) is 0 Å². The van der Waals surface area contributed by atoms with E-state index < -0.39 is 39.5 Å². The van der Waals surface area contributed by atoms with E-state index >= 15 is 0 Å². The first-order valence-electron chi connectivity index (χ1n) is 19.7. The van der Waals surface area contributed by atoms with E-state index in [0.717, 1.165) is 11.1 Å². The molecule has 2 amide bonds. The number of hydrogen-bond acceptors (Lipinski definition) is 9. The summed E-state index contributed by atoms with van der Waals surface area (Å²) in [6, 6.07) is 20.5. The van der Waals surface area contributed by atoms with Crippen molar-refractivity contribution in [3.63, 3.8) is 0 Å². The number of para-hydroxylation sites is 2. The number of nitrogens with one attached hydrogen (secondary N) is 4. The number of rotatable bonds is 6. The molecule has 6 aromatic rings. The Morgan fingerprint density at radius 2 is 1.08 bits per heavy atom. The van der Waals surface area contributed by atoms with Crippen molar-refractivity contribution in [3.05, 3.63) is 139 Å². The van der Waals surface area contributed by atoms with E-state index in [9.17, 15) is 39.0 Å². The van der Waals surface area contributed by atoms with Gasteiger partial charge in [-0.1, -0.05) is 65.8 Å². The van der Waals surface area contributed by atoms with Crippen molar-refractivity contribution < 1.29 is 58.5 Å². The minimum Gasteiger partial charge on any atom is -0.870 e. The Bertz CT molecular complexity index is 2920.